The molecule has 3 N–H and O–H groups in total. The second-order valence-electron chi connectivity index (χ2n) is 8.82. The molecule has 5 heteroatoms. The molecule has 1 aliphatic heterocycles. The van der Waals surface area contributed by atoms with Crippen LogP contribution in [0.4, 0.5) is 11.4 Å². The van der Waals surface area contributed by atoms with Gasteiger partial charge in [0.1, 0.15) is 0 Å². The highest BCUT2D eigenvalue weighted by molar-refractivity contribution is 5.89. The van der Waals surface area contributed by atoms with Gasteiger partial charge in [0.25, 0.3) is 0 Å². The van der Waals surface area contributed by atoms with E-state index in [0.717, 1.165) is 22.9 Å². The number of rotatable bonds is 6. The summed E-state index contributed by atoms with van der Waals surface area (Å²) in [4.78, 5) is 23.3. The molecule has 1 aliphatic carbocycles. The van der Waals surface area contributed by atoms with Crippen molar-refractivity contribution in [3.8, 4) is 0 Å². The minimum absolute atomic E-state index is 0.0491. The summed E-state index contributed by atoms with van der Waals surface area (Å²) in [7, 11) is 0. The monoisotopic (exact) mass is 405 g/mol. The molecule has 30 heavy (non-hydrogen) atoms. The molecule has 1 heterocycles. The summed E-state index contributed by atoms with van der Waals surface area (Å²) in [6.07, 6.45) is 5.58. The summed E-state index contributed by atoms with van der Waals surface area (Å²) in [5, 5.41) is 9.06. The first-order chi connectivity index (χ1) is 14.6. The van der Waals surface area contributed by atoms with E-state index < -0.39 is 0 Å². The number of anilines is 2. The molecule has 1 saturated carbocycles. The smallest absolute Gasteiger partial charge is 0.225 e. The molecule has 2 aromatic rings. The summed E-state index contributed by atoms with van der Waals surface area (Å²) < 4.78 is 0. The largest absolute Gasteiger partial charge is 0.356 e. The van der Waals surface area contributed by atoms with Crippen LogP contribution < -0.4 is 16.0 Å². The van der Waals surface area contributed by atoms with Crippen LogP contribution in [0.5, 0.6) is 0 Å². The van der Waals surface area contributed by atoms with Gasteiger partial charge in [0.05, 0.1) is 5.92 Å². The fourth-order valence-corrected chi connectivity index (χ4v) is 4.43. The van der Waals surface area contributed by atoms with Crippen molar-refractivity contribution >= 4 is 23.2 Å². The number of benzene rings is 2. The second-order valence-corrected chi connectivity index (χ2v) is 8.82. The van der Waals surface area contributed by atoms with Gasteiger partial charge in [-0.2, -0.15) is 0 Å². The van der Waals surface area contributed by atoms with Crippen LogP contribution in [-0.4, -0.2) is 18.4 Å². The Kier molecular flexibility index (Phi) is 6.36. The average molecular weight is 406 g/mol. The SMILES string of the molecule is CC1CCC(c2ccc(Nc3ccc(CNC(=O)C4CNC(=O)C4)cc3)cc2)CC1. The first kappa shape index (κ1) is 20.5. The lowest BCUT2D eigenvalue weighted by molar-refractivity contribution is -0.126. The molecule has 1 unspecified atom stereocenters. The van der Waals surface area contributed by atoms with Crippen molar-refractivity contribution < 1.29 is 9.59 Å². The van der Waals surface area contributed by atoms with Crippen molar-refractivity contribution in [3.63, 3.8) is 0 Å². The first-order valence-corrected chi connectivity index (χ1v) is 11.1. The number of hydrogen-bond acceptors (Lipinski definition) is 3. The summed E-state index contributed by atoms with van der Waals surface area (Å²) in [6.45, 7) is 3.27. The number of amides is 2. The number of nitrogens with one attached hydrogen (secondary N) is 3. The standard InChI is InChI=1S/C25H31N3O2/c1-17-2-6-19(7-3-17)20-8-12-23(13-9-20)28-22-10-4-18(5-11-22)15-27-25(30)21-14-24(29)26-16-21/h4-5,8-13,17,19,21,28H,2-3,6-7,14-16H2,1H3,(H,26,29)(H,27,30). The van der Waals surface area contributed by atoms with Gasteiger partial charge in [-0.25, -0.2) is 0 Å². The quantitative estimate of drug-likeness (QED) is 0.664. The van der Waals surface area contributed by atoms with E-state index in [9.17, 15) is 9.59 Å². The van der Waals surface area contributed by atoms with Crippen LogP contribution in [0.1, 0.15) is 56.1 Å². The van der Waals surface area contributed by atoms with Crippen LogP contribution in [0.25, 0.3) is 0 Å². The van der Waals surface area contributed by atoms with E-state index in [-0.39, 0.29) is 24.2 Å². The topological polar surface area (TPSA) is 70.2 Å². The Morgan fingerprint density at radius 1 is 0.967 bits per heavy atom. The van der Waals surface area contributed by atoms with E-state index in [0.29, 0.717) is 19.0 Å². The van der Waals surface area contributed by atoms with Crippen molar-refractivity contribution in [2.75, 3.05) is 11.9 Å². The number of hydrogen-bond donors (Lipinski definition) is 3. The third kappa shape index (κ3) is 5.21. The van der Waals surface area contributed by atoms with Crippen molar-refractivity contribution in [3.05, 3.63) is 59.7 Å². The fourth-order valence-electron chi connectivity index (χ4n) is 4.43. The first-order valence-electron chi connectivity index (χ1n) is 11.1. The van der Waals surface area contributed by atoms with E-state index in [4.69, 9.17) is 0 Å². The number of carbonyl (C=O) groups is 2. The zero-order valence-electron chi connectivity index (χ0n) is 17.6. The van der Waals surface area contributed by atoms with Gasteiger partial charge in [-0.05, 0) is 60.1 Å². The molecule has 0 radical (unpaired) electrons. The zero-order chi connectivity index (χ0) is 20.9. The maximum absolute atomic E-state index is 12.1. The molecule has 0 aromatic heterocycles. The Bertz CT molecular complexity index is 868. The Balaban J connectivity index is 1.27. The van der Waals surface area contributed by atoms with Crippen molar-refractivity contribution in [1.29, 1.82) is 0 Å². The van der Waals surface area contributed by atoms with Gasteiger partial charge in [0.15, 0.2) is 0 Å². The minimum Gasteiger partial charge on any atom is -0.356 e. The summed E-state index contributed by atoms with van der Waals surface area (Å²) in [5.74, 6) is 1.22. The normalized spacial score (nSPS) is 23.6. The van der Waals surface area contributed by atoms with E-state index in [1.54, 1.807) is 0 Å². The molecule has 1 saturated heterocycles. The van der Waals surface area contributed by atoms with Gasteiger partial charge >= 0.3 is 0 Å². The van der Waals surface area contributed by atoms with Crippen molar-refractivity contribution in [2.24, 2.45) is 11.8 Å². The summed E-state index contributed by atoms with van der Waals surface area (Å²) in [6, 6.07) is 16.9. The van der Waals surface area contributed by atoms with E-state index in [1.807, 2.05) is 24.3 Å². The van der Waals surface area contributed by atoms with Gasteiger partial charge < -0.3 is 16.0 Å². The molecular formula is C25H31N3O2. The predicted molar refractivity (Wildman–Crippen MR) is 120 cm³/mol. The van der Waals surface area contributed by atoms with Crippen molar-refractivity contribution in [2.45, 2.75) is 51.5 Å². The lowest BCUT2D eigenvalue weighted by Gasteiger charge is -2.26. The third-order valence-corrected chi connectivity index (χ3v) is 6.46. The van der Waals surface area contributed by atoms with Crippen LogP contribution in [0, 0.1) is 11.8 Å². The maximum Gasteiger partial charge on any atom is 0.225 e. The predicted octanol–water partition coefficient (Wildman–Crippen LogP) is 4.48. The van der Waals surface area contributed by atoms with Gasteiger partial charge in [-0.1, -0.05) is 44.0 Å². The highest BCUT2D eigenvalue weighted by Gasteiger charge is 2.27. The fraction of sp³-hybridized carbons (Fsp3) is 0.440. The molecule has 2 fully saturated rings. The van der Waals surface area contributed by atoms with Crippen LogP contribution in [0.2, 0.25) is 0 Å². The summed E-state index contributed by atoms with van der Waals surface area (Å²) >= 11 is 0. The van der Waals surface area contributed by atoms with Gasteiger partial charge in [-0.15, -0.1) is 0 Å². The lowest BCUT2D eigenvalue weighted by atomic mass is 9.79. The van der Waals surface area contributed by atoms with Gasteiger partial charge in [0, 0.05) is 30.9 Å². The molecule has 1 atom stereocenters. The Labute approximate surface area is 178 Å². The Morgan fingerprint density at radius 3 is 2.20 bits per heavy atom. The van der Waals surface area contributed by atoms with Crippen LogP contribution >= 0.6 is 0 Å². The molecule has 2 amide bonds. The van der Waals surface area contributed by atoms with Gasteiger partial charge in [0.2, 0.25) is 11.8 Å². The highest BCUT2D eigenvalue weighted by atomic mass is 16.2. The highest BCUT2D eigenvalue weighted by Crippen LogP contribution is 2.35. The molecular weight excluding hydrogens is 374 g/mol. The molecule has 2 aliphatic rings. The second kappa shape index (κ2) is 9.33. The van der Waals surface area contributed by atoms with Crippen LogP contribution in [0.15, 0.2) is 48.5 Å². The maximum atomic E-state index is 12.1. The molecule has 0 bridgehead atoms. The summed E-state index contributed by atoms with van der Waals surface area (Å²) in [5.41, 5.74) is 4.60. The van der Waals surface area contributed by atoms with Crippen LogP contribution in [-0.2, 0) is 16.1 Å². The average Bonchev–Trinajstić information content (AvgIpc) is 3.21. The third-order valence-electron chi connectivity index (χ3n) is 6.46. The number of carbonyl (C=O) groups excluding carboxylic acids is 2. The molecule has 4 rings (SSSR count). The molecule has 5 nitrogen and oxygen atoms in total. The van der Waals surface area contributed by atoms with Gasteiger partial charge in [-0.3, -0.25) is 9.59 Å². The van der Waals surface area contributed by atoms with E-state index >= 15 is 0 Å². The Hall–Kier alpha value is -2.82. The molecule has 158 valence electrons. The Morgan fingerprint density at radius 2 is 1.60 bits per heavy atom. The lowest BCUT2D eigenvalue weighted by Crippen LogP contribution is -2.31. The minimum atomic E-state index is -0.251. The molecule has 2 aromatic carbocycles. The van der Waals surface area contributed by atoms with Crippen LogP contribution in [0.3, 0.4) is 0 Å². The zero-order valence-corrected chi connectivity index (χ0v) is 17.6. The van der Waals surface area contributed by atoms with Crippen molar-refractivity contribution in [1.82, 2.24) is 10.6 Å². The molecule has 0 spiro atoms. The van der Waals surface area contributed by atoms with E-state index in [2.05, 4.69) is 47.1 Å². The van der Waals surface area contributed by atoms with E-state index in [1.165, 1.54) is 31.2 Å².